The summed E-state index contributed by atoms with van der Waals surface area (Å²) in [5.41, 5.74) is 0. The smallest absolute Gasteiger partial charge is 0.0796 e. The minimum Gasteiger partial charge on any atom is -0.324 e. The Kier molecular flexibility index (Phi) is 11.2. The first-order valence-corrected chi connectivity index (χ1v) is 7.96. The summed E-state index contributed by atoms with van der Waals surface area (Å²) in [5, 5.41) is 8.73. The molecule has 0 aliphatic carbocycles. The van der Waals surface area contributed by atoms with E-state index in [2.05, 4.69) is 26.8 Å². The van der Waals surface area contributed by atoms with E-state index < -0.39 is 0 Å². The molecule has 106 valence electrons. The molecule has 0 saturated carbocycles. The first-order chi connectivity index (χ1) is 8.74. The number of rotatable bonds is 12. The van der Waals surface area contributed by atoms with Crippen LogP contribution < -0.4 is 0 Å². The molecule has 2 nitrogen and oxygen atoms in total. The summed E-state index contributed by atoms with van der Waals surface area (Å²) < 4.78 is 1.27. The fraction of sp³-hybridized carbons (Fsp3) is 0.938. The number of hydrogen-bond acceptors (Lipinski definition) is 1. The van der Waals surface area contributed by atoms with Gasteiger partial charge >= 0.3 is 0 Å². The number of hydrogen-bond donors (Lipinski definition) is 0. The molecule has 0 aliphatic rings. The van der Waals surface area contributed by atoms with Crippen molar-refractivity contribution in [2.45, 2.75) is 72.1 Å². The van der Waals surface area contributed by atoms with Crippen molar-refractivity contribution in [1.82, 2.24) is 0 Å². The van der Waals surface area contributed by atoms with Crippen LogP contribution in [0.2, 0.25) is 0 Å². The van der Waals surface area contributed by atoms with Crippen LogP contribution in [0.15, 0.2) is 0 Å². The number of unbranched alkanes of at least 4 members (excludes halogenated alkanes) is 4. The minimum atomic E-state index is 0.727. The Labute approximate surface area is 115 Å². The zero-order valence-electron chi connectivity index (χ0n) is 12.9. The Hall–Kier alpha value is -0.550. The van der Waals surface area contributed by atoms with E-state index in [0.717, 1.165) is 12.8 Å². The van der Waals surface area contributed by atoms with E-state index in [0.29, 0.717) is 0 Å². The van der Waals surface area contributed by atoms with E-state index in [-0.39, 0.29) is 0 Å². The van der Waals surface area contributed by atoms with Crippen LogP contribution in [-0.2, 0) is 0 Å². The van der Waals surface area contributed by atoms with Crippen LogP contribution in [0.5, 0.6) is 0 Å². The zero-order chi connectivity index (χ0) is 13.7. The van der Waals surface area contributed by atoms with Crippen LogP contribution in [0.1, 0.15) is 72.1 Å². The quantitative estimate of drug-likeness (QED) is 0.371. The van der Waals surface area contributed by atoms with E-state index in [1.54, 1.807) is 0 Å². The lowest BCUT2D eigenvalue weighted by molar-refractivity contribution is -0.929. The first-order valence-electron chi connectivity index (χ1n) is 7.96. The summed E-state index contributed by atoms with van der Waals surface area (Å²) in [7, 11) is 0. The molecule has 0 aliphatic heterocycles. The van der Waals surface area contributed by atoms with Crippen LogP contribution in [0.4, 0.5) is 0 Å². The minimum absolute atomic E-state index is 0.727. The van der Waals surface area contributed by atoms with Crippen molar-refractivity contribution in [3.8, 4) is 6.07 Å². The van der Waals surface area contributed by atoms with Crippen molar-refractivity contribution in [2.24, 2.45) is 0 Å². The highest BCUT2D eigenvalue weighted by atomic mass is 15.3. The lowest BCUT2D eigenvalue weighted by Gasteiger charge is -2.39. The van der Waals surface area contributed by atoms with Crippen LogP contribution in [0, 0.1) is 11.3 Å². The van der Waals surface area contributed by atoms with Gasteiger partial charge in [-0.2, -0.15) is 5.26 Å². The Morgan fingerprint density at radius 1 is 0.722 bits per heavy atom. The fourth-order valence-electron chi connectivity index (χ4n) is 2.64. The molecule has 0 radical (unpaired) electrons. The molecule has 0 aromatic rings. The van der Waals surface area contributed by atoms with Crippen molar-refractivity contribution < 1.29 is 4.48 Å². The topological polar surface area (TPSA) is 23.8 Å². The van der Waals surface area contributed by atoms with Gasteiger partial charge in [-0.3, -0.25) is 0 Å². The first kappa shape index (κ1) is 17.4. The summed E-state index contributed by atoms with van der Waals surface area (Å²) in [6, 6.07) is 2.30. The van der Waals surface area contributed by atoms with Gasteiger partial charge in [0.1, 0.15) is 0 Å². The van der Waals surface area contributed by atoms with Crippen LogP contribution in [0.25, 0.3) is 0 Å². The van der Waals surface area contributed by atoms with Gasteiger partial charge in [0, 0.05) is 12.8 Å². The van der Waals surface area contributed by atoms with Gasteiger partial charge in [-0.1, -0.05) is 40.0 Å². The molecule has 0 saturated heterocycles. The highest BCUT2D eigenvalue weighted by Gasteiger charge is 2.24. The molecular weight excluding hydrogens is 220 g/mol. The molecular formula is C16H33N2+. The SMILES string of the molecule is CCCC[N+](CCCC)(CCCC)CCCC#N. The van der Waals surface area contributed by atoms with Gasteiger partial charge in [-0.25, -0.2) is 0 Å². The maximum absolute atomic E-state index is 8.73. The van der Waals surface area contributed by atoms with Gasteiger partial charge in [0.2, 0.25) is 0 Å². The monoisotopic (exact) mass is 253 g/mol. The number of quaternary nitrogens is 1. The standard InChI is InChI=1S/C16H33N2/c1-4-7-13-18(14-8-5-2,15-9-6-3)16-11-10-12-17/h4-11,13-16H2,1-3H3/q+1. The van der Waals surface area contributed by atoms with Crippen LogP contribution >= 0.6 is 0 Å². The maximum Gasteiger partial charge on any atom is 0.0796 e. The van der Waals surface area contributed by atoms with E-state index >= 15 is 0 Å². The molecule has 0 amide bonds. The summed E-state index contributed by atoms with van der Waals surface area (Å²) in [4.78, 5) is 0. The van der Waals surface area contributed by atoms with E-state index in [9.17, 15) is 0 Å². The van der Waals surface area contributed by atoms with Crippen LogP contribution in [0.3, 0.4) is 0 Å². The number of nitrogens with zero attached hydrogens (tertiary/aromatic N) is 2. The van der Waals surface area contributed by atoms with Gasteiger partial charge in [0.25, 0.3) is 0 Å². The van der Waals surface area contributed by atoms with E-state index in [4.69, 9.17) is 5.26 Å². The molecule has 0 rings (SSSR count). The Balaban J connectivity index is 4.46. The van der Waals surface area contributed by atoms with E-state index in [1.165, 1.54) is 69.2 Å². The zero-order valence-corrected chi connectivity index (χ0v) is 12.9. The number of nitriles is 1. The summed E-state index contributed by atoms with van der Waals surface area (Å²) in [6.07, 6.45) is 9.67. The van der Waals surface area contributed by atoms with Gasteiger partial charge in [0.05, 0.1) is 32.2 Å². The molecule has 0 aromatic carbocycles. The lowest BCUT2D eigenvalue weighted by Crippen LogP contribution is -2.50. The van der Waals surface area contributed by atoms with Gasteiger partial charge in [0.15, 0.2) is 0 Å². The third-order valence-corrected chi connectivity index (χ3v) is 3.88. The third-order valence-electron chi connectivity index (χ3n) is 3.88. The highest BCUT2D eigenvalue weighted by molar-refractivity contribution is 4.68. The summed E-state index contributed by atoms with van der Waals surface area (Å²) in [5.74, 6) is 0. The summed E-state index contributed by atoms with van der Waals surface area (Å²) >= 11 is 0. The predicted octanol–water partition coefficient (Wildman–Crippen LogP) is 4.51. The van der Waals surface area contributed by atoms with Gasteiger partial charge < -0.3 is 4.48 Å². The molecule has 0 bridgehead atoms. The van der Waals surface area contributed by atoms with Crippen LogP contribution in [-0.4, -0.2) is 30.7 Å². The largest absolute Gasteiger partial charge is 0.324 e. The van der Waals surface area contributed by atoms with E-state index in [1.807, 2.05) is 0 Å². The molecule has 0 N–H and O–H groups in total. The molecule has 0 atom stereocenters. The third kappa shape index (κ3) is 7.71. The fourth-order valence-corrected chi connectivity index (χ4v) is 2.64. The molecule has 0 spiro atoms. The van der Waals surface area contributed by atoms with Crippen molar-refractivity contribution in [2.75, 3.05) is 26.2 Å². The van der Waals surface area contributed by atoms with Crippen molar-refractivity contribution >= 4 is 0 Å². The van der Waals surface area contributed by atoms with Crippen molar-refractivity contribution in [3.05, 3.63) is 0 Å². The second-order valence-corrected chi connectivity index (χ2v) is 5.56. The van der Waals surface area contributed by atoms with Crippen molar-refractivity contribution in [3.63, 3.8) is 0 Å². The summed E-state index contributed by atoms with van der Waals surface area (Å²) in [6.45, 7) is 12.0. The Morgan fingerprint density at radius 2 is 1.11 bits per heavy atom. The second kappa shape index (κ2) is 11.5. The van der Waals surface area contributed by atoms with Crippen molar-refractivity contribution in [1.29, 1.82) is 5.26 Å². The average Bonchev–Trinajstić information content (AvgIpc) is 2.40. The molecule has 18 heavy (non-hydrogen) atoms. The average molecular weight is 253 g/mol. The Bertz CT molecular complexity index is 196. The van der Waals surface area contributed by atoms with Gasteiger partial charge in [-0.05, 0) is 19.3 Å². The predicted molar refractivity (Wildman–Crippen MR) is 79.3 cm³/mol. The molecule has 0 fully saturated rings. The molecule has 0 heterocycles. The molecule has 2 heteroatoms. The lowest BCUT2D eigenvalue weighted by atomic mass is 10.1. The Morgan fingerprint density at radius 3 is 1.44 bits per heavy atom. The molecule has 0 aromatic heterocycles. The highest BCUT2D eigenvalue weighted by Crippen LogP contribution is 2.16. The normalized spacial score (nSPS) is 11.4. The molecule has 0 unspecified atom stereocenters. The maximum atomic E-state index is 8.73. The second-order valence-electron chi connectivity index (χ2n) is 5.56. The van der Waals surface area contributed by atoms with Gasteiger partial charge in [-0.15, -0.1) is 0 Å².